The van der Waals surface area contributed by atoms with Crippen molar-refractivity contribution in [1.29, 1.82) is 0 Å². The second-order valence-electron chi connectivity index (χ2n) is 2.79. The van der Waals surface area contributed by atoms with Gasteiger partial charge in [0.25, 0.3) is 0 Å². The van der Waals surface area contributed by atoms with Crippen LogP contribution in [0.15, 0.2) is 23.8 Å². The highest BCUT2D eigenvalue weighted by atomic mass is 14.0. The zero-order valence-corrected chi connectivity index (χ0v) is 8.06. The molecule has 0 aliphatic carbocycles. The maximum absolute atomic E-state index is 2.32. The van der Waals surface area contributed by atoms with Crippen molar-refractivity contribution < 1.29 is 0 Å². The summed E-state index contributed by atoms with van der Waals surface area (Å²) < 4.78 is 0. The minimum atomic E-state index is 1.16. The summed E-state index contributed by atoms with van der Waals surface area (Å²) in [6.07, 6.45) is 11.7. The van der Waals surface area contributed by atoms with E-state index in [0.717, 1.165) is 6.42 Å². The van der Waals surface area contributed by atoms with Gasteiger partial charge in [-0.2, -0.15) is 0 Å². The lowest BCUT2D eigenvalue weighted by Crippen LogP contribution is -1.78. The van der Waals surface area contributed by atoms with Gasteiger partial charge >= 0.3 is 0 Å². The third-order valence-corrected chi connectivity index (χ3v) is 1.67. The Morgan fingerprint density at radius 1 is 1.27 bits per heavy atom. The van der Waals surface area contributed by atoms with Crippen LogP contribution >= 0.6 is 0 Å². The molecule has 0 heteroatoms. The van der Waals surface area contributed by atoms with Crippen molar-refractivity contribution in [2.24, 2.45) is 0 Å². The van der Waals surface area contributed by atoms with Gasteiger partial charge in [0.15, 0.2) is 0 Å². The van der Waals surface area contributed by atoms with Gasteiger partial charge in [-0.05, 0) is 26.2 Å². The van der Waals surface area contributed by atoms with Crippen molar-refractivity contribution >= 4 is 0 Å². The molecule has 0 unspecified atom stereocenters. The Morgan fingerprint density at radius 3 is 2.45 bits per heavy atom. The lowest BCUT2D eigenvalue weighted by Gasteiger charge is -1.98. The van der Waals surface area contributed by atoms with Crippen LogP contribution in [-0.4, -0.2) is 0 Å². The van der Waals surface area contributed by atoms with Crippen molar-refractivity contribution in [2.75, 3.05) is 0 Å². The van der Waals surface area contributed by atoms with Crippen LogP contribution in [0.3, 0.4) is 0 Å². The molecule has 0 aromatic carbocycles. The third kappa shape index (κ3) is 5.90. The summed E-state index contributed by atoms with van der Waals surface area (Å²) >= 11 is 0. The zero-order chi connectivity index (χ0) is 8.53. The van der Waals surface area contributed by atoms with Crippen LogP contribution in [-0.2, 0) is 0 Å². The summed E-state index contributed by atoms with van der Waals surface area (Å²) in [6, 6.07) is 0. The third-order valence-electron chi connectivity index (χ3n) is 1.67. The normalized spacial score (nSPS) is 12.8. The number of hydrogen-bond donors (Lipinski definition) is 0. The van der Waals surface area contributed by atoms with Crippen LogP contribution in [0.5, 0.6) is 0 Å². The highest BCUT2D eigenvalue weighted by Gasteiger charge is 1.89. The fourth-order valence-corrected chi connectivity index (χ4v) is 1.11. The lowest BCUT2D eigenvalue weighted by molar-refractivity contribution is 0.795. The topological polar surface area (TPSA) is 0 Å². The molecular formula is C11H20. The first-order valence-corrected chi connectivity index (χ1v) is 4.66. The molecule has 0 fully saturated rings. The van der Waals surface area contributed by atoms with Gasteiger partial charge in [0.1, 0.15) is 0 Å². The Balaban J connectivity index is 3.79. The molecule has 11 heavy (non-hydrogen) atoms. The van der Waals surface area contributed by atoms with Crippen LogP contribution in [0.2, 0.25) is 0 Å². The molecule has 0 aliphatic rings. The second-order valence-corrected chi connectivity index (χ2v) is 2.79. The Kier molecular flexibility index (Phi) is 7.23. The number of unbranched alkanes of at least 4 members (excludes halogenated alkanes) is 1. The van der Waals surface area contributed by atoms with E-state index in [1.165, 1.54) is 24.8 Å². The number of allylic oxidation sites excluding steroid dienone is 4. The van der Waals surface area contributed by atoms with Crippen LogP contribution in [0, 0.1) is 0 Å². The Bertz CT molecular complexity index is 129. The molecule has 0 saturated heterocycles. The molecule has 0 aromatic heterocycles. The first-order chi connectivity index (χ1) is 5.35. The van der Waals surface area contributed by atoms with Gasteiger partial charge in [0.05, 0.1) is 0 Å². The molecule has 0 bridgehead atoms. The minimum absolute atomic E-state index is 1.16. The van der Waals surface area contributed by atoms with Crippen molar-refractivity contribution in [3.63, 3.8) is 0 Å². The number of hydrogen-bond acceptors (Lipinski definition) is 0. The average Bonchev–Trinajstić information content (AvgIpc) is 2.01. The van der Waals surface area contributed by atoms with E-state index >= 15 is 0 Å². The average molecular weight is 152 g/mol. The summed E-state index contributed by atoms with van der Waals surface area (Å²) in [5.41, 5.74) is 1.50. The van der Waals surface area contributed by atoms with E-state index in [9.17, 15) is 0 Å². The molecule has 64 valence electrons. The largest absolute Gasteiger partial charge is 0.0874 e. The van der Waals surface area contributed by atoms with E-state index in [1.807, 2.05) is 0 Å². The van der Waals surface area contributed by atoms with Crippen LogP contribution in [0.25, 0.3) is 0 Å². The molecule has 0 spiro atoms. The highest BCUT2D eigenvalue weighted by Crippen LogP contribution is 2.09. The summed E-state index contributed by atoms with van der Waals surface area (Å²) in [4.78, 5) is 0. The first-order valence-electron chi connectivity index (χ1n) is 4.66. The van der Waals surface area contributed by atoms with Crippen LogP contribution < -0.4 is 0 Å². The predicted molar refractivity (Wildman–Crippen MR) is 52.7 cm³/mol. The Labute approximate surface area is 71.0 Å². The van der Waals surface area contributed by atoms with Gasteiger partial charge in [-0.25, -0.2) is 0 Å². The SMILES string of the molecule is C/C=C\C(=C/CC)CCCC. The maximum atomic E-state index is 2.32. The molecule has 0 radical (unpaired) electrons. The van der Waals surface area contributed by atoms with E-state index < -0.39 is 0 Å². The fourth-order valence-electron chi connectivity index (χ4n) is 1.11. The van der Waals surface area contributed by atoms with Crippen molar-refractivity contribution in [3.05, 3.63) is 23.8 Å². The molecule has 0 aliphatic heterocycles. The summed E-state index contributed by atoms with van der Waals surface area (Å²) in [5.74, 6) is 0. The van der Waals surface area contributed by atoms with Gasteiger partial charge in [-0.15, -0.1) is 0 Å². The fraction of sp³-hybridized carbons (Fsp3) is 0.636. The second kappa shape index (κ2) is 7.59. The first kappa shape index (κ1) is 10.5. The van der Waals surface area contributed by atoms with Crippen LogP contribution in [0.4, 0.5) is 0 Å². The zero-order valence-electron chi connectivity index (χ0n) is 8.06. The summed E-state index contributed by atoms with van der Waals surface area (Å²) in [7, 11) is 0. The van der Waals surface area contributed by atoms with Crippen molar-refractivity contribution in [3.8, 4) is 0 Å². The number of rotatable bonds is 5. The molecule has 0 saturated carbocycles. The molecule has 0 N–H and O–H groups in total. The molecular weight excluding hydrogens is 132 g/mol. The highest BCUT2D eigenvalue weighted by molar-refractivity contribution is 5.17. The molecule has 0 amide bonds. The van der Waals surface area contributed by atoms with Gasteiger partial charge in [-0.3, -0.25) is 0 Å². The molecule has 0 aromatic rings. The molecule has 0 nitrogen and oxygen atoms in total. The molecule has 0 atom stereocenters. The van der Waals surface area contributed by atoms with E-state index in [4.69, 9.17) is 0 Å². The lowest BCUT2D eigenvalue weighted by atomic mass is 10.1. The monoisotopic (exact) mass is 152 g/mol. The Morgan fingerprint density at radius 2 is 2.00 bits per heavy atom. The minimum Gasteiger partial charge on any atom is -0.0874 e. The van der Waals surface area contributed by atoms with Gasteiger partial charge < -0.3 is 0 Å². The van der Waals surface area contributed by atoms with Crippen molar-refractivity contribution in [2.45, 2.75) is 46.5 Å². The van der Waals surface area contributed by atoms with E-state index in [2.05, 4.69) is 39.0 Å². The van der Waals surface area contributed by atoms with Crippen molar-refractivity contribution in [1.82, 2.24) is 0 Å². The smallest absolute Gasteiger partial charge is 0.0282 e. The Hall–Kier alpha value is -0.520. The van der Waals surface area contributed by atoms with Crippen LogP contribution in [0.1, 0.15) is 46.5 Å². The quantitative estimate of drug-likeness (QED) is 0.520. The van der Waals surface area contributed by atoms with E-state index in [0.29, 0.717) is 0 Å². The van der Waals surface area contributed by atoms with E-state index in [-0.39, 0.29) is 0 Å². The standard InChI is InChI=1S/C11H20/c1-4-7-10-11(8-5-2)9-6-3/h5,8-9H,4,6-7,10H2,1-3H3/b8-5-,11-9+. The maximum Gasteiger partial charge on any atom is -0.0282 e. The summed E-state index contributed by atoms with van der Waals surface area (Å²) in [5, 5.41) is 0. The predicted octanol–water partition coefficient (Wildman–Crippen LogP) is 4.09. The summed E-state index contributed by atoms with van der Waals surface area (Å²) in [6.45, 7) is 6.50. The van der Waals surface area contributed by atoms with Gasteiger partial charge in [-0.1, -0.05) is 44.1 Å². The molecule has 0 rings (SSSR count). The van der Waals surface area contributed by atoms with Gasteiger partial charge in [0, 0.05) is 0 Å². The van der Waals surface area contributed by atoms with Gasteiger partial charge in [0.2, 0.25) is 0 Å². The van der Waals surface area contributed by atoms with E-state index in [1.54, 1.807) is 0 Å². The molecule has 0 heterocycles.